The number of nitrogens with one attached hydrogen (secondary N) is 2. The number of para-hydroxylation sites is 1. The number of aryl methyl sites for hydroxylation is 3. The van der Waals surface area contributed by atoms with E-state index in [9.17, 15) is 9.59 Å². The molecule has 0 heterocycles. The van der Waals surface area contributed by atoms with E-state index in [2.05, 4.69) is 26.6 Å². The Kier molecular flexibility index (Phi) is 6.80. The summed E-state index contributed by atoms with van der Waals surface area (Å²) >= 11 is 3.42. The first-order chi connectivity index (χ1) is 12.3. The van der Waals surface area contributed by atoms with E-state index in [1.54, 1.807) is 13.0 Å². The van der Waals surface area contributed by atoms with Crippen molar-refractivity contribution < 1.29 is 14.3 Å². The van der Waals surface area contributed by atoms with Crippen molar-refractivity contribution in [2.45, 2.75) is 33.8 Å². The summed E-state index contributed by atoms with van der Waals surface area (Å²) in [5, 5.41) is 5.44. The minimum absolute atomic E-state index is 0.116. The molecule has 0 fully saturated rings. The largest absolute Gasteiger partial charge is 0.480 e. The Morgan fingerprint density at radius 2 is 1.77 bits per heavy atom. The van der Waals surface area contributed by atoms with E-state index in [1.165, 1.54) is 0 Å². The lowest BCUT2D eigenvalue weighted by Gasteiger charge is -2.16. The molecule has 5 nitrogen and oxygen atoms in total. The van der Waals surface area contributed by atoms with Crippen LogP contribution < -0.4 is 15.4 Å². The number of amides is 2. The van der Waals surface area contributed by atoms with Crippen molar-refractivity contribution >= 4 is 33.4 Å². The van der Waals surface area contributed by atoms with Crippen LogP contribution in [0.2, 0.25) is 0 Å². The highest BCUT2D eigenvalue weighted by molar-refractivity contribution is 9.10. The SMILES string of the molecule is Cc1ccc(OC(C)C(=O)NCC(=O)Nc2c(C)cccc2C)c(Br)c1. The molecule has 1 unspecified atom stereocenters. The van der Waals surface area contributed by atoms with Gasteiger partial charge in [0, 0.05) is 5.69 Å². The van der Waals surface area contributed by atoms with Gasteiger partial charge in [-0.2, -0.15) is 0 Å². The highest BCUT2D eigenvalue weighted by Crippen LogP contribution is 2.26. The van der Waals surface area contributed by atoms with Crippen LogP contribution in [0.3, 0.4) is 0 Å². The molecule has 0 aliphatic carbocycles. The van der Waals surface area contributed by atoms with Crippen LogP contribution in [-0.2, 0) is 9.59 Å². The second-order valence-electron chi connectivity index (χ2n) is 6.23. The number of hydrogen-bond acceptors (Lipinski definition) is 3. The molecule has 0 aromatic heterocycles. The Labute approximate surface area is 162 Å². The Morgan fingerprint density at radius 3 is 2.38 bits per heavy atom. The van der Waals surface area contributed by atoms with Crippen molar-refractivity contribution in [3.63, 3.8) is 0 Å². The molecule has 0 aliphatic rings. The fourth-order valence-corrected chi connectivity index (χ4v) is 3.04. The number of anilines is 1. The molecular weight excluding hydrogens is 396 g/mol. The van der Waals surface area contributed by atoms with Crippen molar-refractivity contribution in [2.24, 2.45) is 0 Å². The van der Waals surface area contributed by atoms with Crippen molar-refractivity contribution in [3.05, 3.63) is 57.6 Å². The summed E-state index contributed by atoms with van der Waals surface area (Å²) < 4.78 is 6.44. The van der Waals surface area contributed by atoms with Gasteiger partial charge < -0.3 is 15.4 Å². The van der Waals surface area contributed by atoms with Crippen molar-refractivity contribution in [1.82, 2.24) is 5.32 Å². The van der Waals surface area contributed by atoms with Gasteiger partial charge in [0.25, 0.3) is 5.91 Å². The van der Waals surface area contributed by atoms with E-state index in [1.807, 2.05) is 51.1 Å². The van der Waals surface area contributed by atoms with Gasteiger partial charge in [-0.1, -0.05) is 24.3 Å². The molecule has 138 valence electrons. The summed E-state index contributed by atoms with van der Waals surface area (Å²) in [5.41, 5.74) is 3.82. The third kappa shape index (κ3) is 5.33. The highest BCUT2D eigenvalue weighted by Gasteiger charge is 2.17. The van der Waals surface area contributed by atoms with Gasteiger partial charge in [-0.25, -0.2) is 0 Å². The van der Waals surface area contributed by atoms with E-state index in [0.717, 1.165) is 26.9 Å². The number of rotatable bonds is 6. The second-order valence-corrected chi connectivity index (χ2v) is 7.08. The summed E-state index contributed by atoms with van der Waals surface area (Å²) in [4.78, 5) is 24.3. The van der Waals surface area contributed by atoms with Gasteiger partial charge in [0.2, 0.25) is 5.91 Å². The first-order valence-corrected chi connectivity index (χ1v) is 9.14. The normalized spacial score (nSPS) is 11.6. The highest BCUT2D eigenvalue weighted by atomic mass is 79.9. The minimum atomic E-state index is -0.720. The number of hydrogen-bond donors (Lipinski definition) is 2. The summed E-state index contributed by atoms with van der Waals surface area (Å²) in [5.74, 6) is -0.0492. The molecular formula is C20H23BrN2O3. The van der Waals surface area contributed by atoms with Crippen molar-refractivity contribution in [1.29, 1.82) is 0 Å². The van der Waals surface area contributed by atoms with Gasteiger partial charge in [0.1, 0.15) is 5.75 Å². The summed E-state index contributed by atoms with van der Waals surface area (Å²) in [6.45, 7) is 7.35. The number of ether oxygens (including phenoxy) is 1. The van der Waals surface area contributed by atoms with Gasteiger partial charge in [0.05, 0.1) is 11.0 Å². The lowest BCUT2D eigenvalue weighted by molar-refractivity contribution is -0.129. The van der Waals surface area contributed by atoms with Crippen LogP contribution in [0.4, 0.5) is 5.69 Å². The lowest BCUT2D eigenvalue weighted by atomic mass is 10.1. The Bertz CT molecular complexity index is 800. The van der Waals surface area contributed by atoms with E-state index < -0.39 is 6.10 Å². The van der Waals surface area contributed by atoms with Crippen LogP contribution in [0, 0.1) is 20.8 Å². The summed E-state index contributed by atoms with van der Waals surface area (Å²) in [6.07, 6.45) is -0.720. The predicted molar refractivity (Wildman–Crippen MR) is 107 cm³/mol. The van der Waals surface area contributed by atoms with Crippen molar-refractivity contribution in [3.8, 4) is 5.75 Å². The molecule has 0 spiro atoms. The van der Waals surface area contributed by atoms with Crippen LogP contribution in [0.5, 0.6) is 5.75 Å². The molecule has 0 saturated carbocycles. The molecule has 0 bridgehead atoms. The average molecular weight is 419 g/mol. The van der Waals surface area contributed by atoms with Crippen LogP contribution in [0.15, 0.2) is 40.9 Å². The summed E-state index contributed by atoms with van der Waals surface area (Å²) in [7, 11) is 0. The summed E-state index contributed by atoms with van der Waals surface area (Å²) in [6, 6.07) is 11.4. The van der Waals surface area contributed by atoms with E-state index in [4.69, 9.17) is 4.74 Å². The van der Waals surface area contributed by atoms with Gasteiger partial charge in [0.15, 0.2) is 6.10 Å². The van der Waals surface area contributed by atoms with Crippen LogP contribution in [0.1, 0.15) is 23.6 Å². The van der Waals surface area contributed by atoms with E-state index in [-0.39, 0.29) is 18.4 Å². The van der Waals surface area contributed by atoms with Gasteiger partial charge in [-0.3, -0.25) is 9.59 Å². The lowest BCUT2D eigenvalue weighted by Crippen LogP contribution is -2.40. The van der Waals surface area contributed by atoms with Gasteiger partial charge >= 0.3 is 0 Å². The number of benzene rings is 2. The molecule has 2 aromatic rings. The number of carbonyl (C=O) groups excluding carboxylic acids is 2. The second kappa shape index (κ2) is 8.85. The van der Waals surface area contributed by atoms with Gasteiger partial charge in [-0.05, 0) is 72.4 Å². The molecule has 0 saturated heterocycles. The fourth-order valence-electron chi connectivity index (χ4n) is 2.45. The van der Waals surface area contributed by atoms with E-state index in [0.29, 0.717) is 5.75 Å². The number of halogens is 1. The standard InChI is InChI=1S/C20H23BrN2O3/c1-12-8-9-17(16(21)10-12)26-15(4)20(25)22-11-18(24)23-19-13(2)6-5-7-14(19)3/h5-10,15H,11H2,1-4H3,(H,22,25)(H,23,24). The quantitative estimate of drug-likeness (QED) is 0.747. The zero-order chi connectivity index (χ0) is 19.3. The monoisotopic (exact) mass is 418 g/mol. The smallest absolute Gasteiger partial charge is 0.261 e. The molecule has 2 rings (SSSR count). The molecule has 1 atom stereocenters. The third-order valence-electron chi connectivity index (χ3n) is 3.93. The molecule has 2 amide bonds. The Morgan fingerprint density at radius 1 is 1.12 bits per heavy atom. The van der Waals surface area contributed by atoms with Crippen molar-refractivity contribution in [2.75, 3.05) is 11.9 Å². The maximum Gasteiger partial charge on any atom is 0.261 e. The first-order valence-electron chi connectivity index (χ1n) is 8.34. The van der Waals surface area contributed by atoms with Crippen LogP contribution >= 0.6 is 15.9 Å². The number of carbonyl (C=O) groups is 2. The Balaban J connectivity index is 1.88. The maximum atomic E-state index is 12.2. The zero-order valence-electron chi connectivity index (χ0n) is 15.4. The molecule has 0 aliphatic heterocycles. The molecule has 26 heavy (non-hydrogen) atoms. The fraction of sp³-hybridized carbons (Fsp3) is 0.300. The topological polar surface area (TPSA) is 67.4 Å². The molecule has 2 aromatic carbocycles. The van der Waals surface area contributed by atoms with Crippen LogP contribution in [-0.4, -0.2) is 24.5 Å². The van der Waals surface area contributed by atoms with Crippen LogP contribution in [0.25, 0.3) is 0 Å². The predicted octanol–water partition coefficient (Wildman–Crippen LogP) is 3.90. The first kappa shape index (κ1) is 20.0. The van der Waals surface area contributed by atoms with E-state index >= 15 is 0 Å². The third-order valence-corrected chi connectivity index (χ3v) is 4.55. The zero-order valence-corrected chi connectivity index (χ0v) is 16.9. The van der Waals surface area contributed by atoms with Gasteiger partial charge in [-0.15, -0.1) is 0 Å². The Hall–Kier alpha value is -2.34. The maximum absolute atomic E-state index is 12.2. The minimum Gasteiger partial charge on any atom is -0.480 e. The molecule has 6 heteroatoms. The molecule has 2 N–H and O–H groups in total. The molecule has 0 radical (unpaired) electrons. The average Bonchev–Trinajstić information content (AvgIpc) is 2.58.